The van der Waals surface area contributed by atoms with E-state index in [9.17, 15) is 4.79 Å². The molecule has 8 heteroatoms. The number of hydrogen-bond donors (Lipinski definition) is 1. The number of halogens is 1. The van der Waals surface area contributed by atoms with Gasteiger partial charge in [0.15, 0.2) is 0 Å². The zero-order valence-corrected chi connectivity index (χ0v) is 16.5. The van der Waals surface area contributed by atoms with Crippen molar-refractivity contribution in [1.29, 1.82) is 0 Å². The molecule has 0 radical (unpaired) electrons. The van der Waals surface area contributed by atoms with Gasteiger partial charge in [-0.2, -0.15) is 0 Å². The van der Waals surface area contributed by atoms with Crippen molar-refractivity contribution in [2.24, 2.45) is 0 Å². The lowest BCUT2D eigenvalue weighted by Crippen LogP contribution is -2.17. The maximum Gasteiger partial charge on any atom is 0.286 e. The van der Waals surface area contributed by atoms with Crippen LogP contribution in [0.15, 0.2) is 48.5 Å². The molecule has 1 aromatic heterocycles. The van der Waals surface area contributed by atoms with Crippen molar-refractivity contribution in [2.75, 3.05) is 19.5 Å². The summed E-state index contributed by atoms with van der Waals surface area (Å²) in [5.74, 6) is 0.550. The molecule has 2 aromatic carbocycles. The second-order valence-corrected chi connectivity index (χ2v) is 7.48. The summed E-state index contributed by atoms with van der Waals surface area (Å²) in [6, 6.07) is 14.8. The van der Waals surface area contributed by atoms with Crippen LogP contribution in [-0.2, 0) is 13.1 Å². The molecule has 0 unspecified atom stereocenters. The quantitative estimate of drug-likeness (QED) is 0.644. The number of carbonyl (C=O) groups is 1. The standard InChI is InChI=1S/C19H19ClN4O2S/c1-24(11-13-4-3-5-16(10-13)26-2)12-17-22-23-19(27-17)18(25)21-15-8-6-14(20)7-9-15/h3-10H,11-12H2,1-2H3,(H,21,25). The Labute approximate surface area is 166 Å². The van der Waals surface area contributed by atoms with E-state index in [4.69, 9.17) is 16.3 Å². The fraction of sp³-hybridized carbons (Fsp3) is 0.211. The van der Waals surface area contributed by atoms with Crippen LogP contribution in [0.5, 0.6) is 5.75 Å². The summed E-state index contributed by atoms with van der Waals surface area (Å²) in [4.78, 5) is 14.4. The number of rotatable bonds is 7. The topological polar surface area (TPSA) is 67.3 Å². The molecule has 1 heterocycles. The second kappa shape index (κ2) is 8.94. The van der Waals surface area contributed by atoms with Gasteiger partial charge in [-0.15, -0.1) is 10.2 Å². The first-order chi connectivity index (χ1) is 13.0. The highest BCUT2D eigenvalue weighted by atomic mass is 35.5. The Bertz CT molecular complexity index is 914. The predicted molar refractivity (Wildman–Crippen MR) is 107 cm³/mol. The largest absolute Gasteiger partial charge is 0.497 e. The van der Waals surface area contributed by atoms with Crippen LogP contribution < -0.4 is 10.1 Å². The van der Waals surface area contributed by atoms with E-state index in [2.05, 4.69) is 20.4 Å². The lowest BCUT2D eigenvalue weighted by molar-refractivity contribution is 0.102. The second-order valence-electron chi connectivity index (χ2n) is 5.99. The fourth-order valence-electron chi connectivity index (χ4n) is 2.50. The van der Waals surface area contributed by atoms with Gasteiger partial charge >= 0.3 is 0 Å². The molecule has 0 saturated carbocycles. The maximum absolute atomic E-state index is 12.3. The summed E-state index contributed by atoms with van der Waals surface area (Å²) >= 11 is 7.13. The monoisotopic (exact) mass is 402 g/mol. The Morgan fingerprint density at radius 2 is 1.96 bits per heavy atom. The van der Waals surface area contributed by atoms with E-state index >= 15 is 0 Å². The third-order valence-corrected chi connectivity index (χ3v) is 4.91. The number of amides is 1. The highest BCUT2D eigenvalue weighted by Crippen LogP contribution is 2.18. The maximum atomic E-state index is 12.3. The van der Waals surface area contributed by atoms with E-state index in [1.807, 2.05) is 31.3 Å². The molecule has 0 saturated heterocycles. The molecular weight excluding hydrogens is 384 g/mol. The van der Waals surface area contributed by atoms with Gasteiger partial charge in [0.05, 0.1) is 13.7 Å². The lowest BCUT2D eigenvalue weighted by Gasteiger charge is -2.15. The van der Waals surface area contributed by atoms with E-state index in [0.29, 0.717) is 22.3 Å². The number of nitrogens with one attached hydrogen (secondary N) is 1. The van der Waals surface area contributed by atoms with Crippen molar-refractivity contribution >= 4 is 34.5 Å². The van der Waals surface area contributed by atoms with Crippen LogP contribution in [0, 0.1) is 0 Å². The molecule has 0 atom stereocenters. The molecule has 3 aromatic rings. The van der Waals surface area contributed by atoms with Gasteiger partial charge in [-0.05, 0) is 49.0 Å². The first-order valence-corrected chi connectivity index (χ1v) is 9.43. The summed E-state index contributed by atoms with van der Waals surface area (Å²) in [5, 5.41) is 12.6. The van der Waals surface area contributed by atoms with Crippen molar-refractivity contribution in [3.8, 4) is 5.75 Å². The minimum absolute atomic E-state index is 0.281. The third kappa shape index (κ3) is 5.50. The van der Waals surface area contributed by atoms with Gasteiger partial charge < -0.3 is 10.1 Å². The lowest BCUT2D eigenvalue weighted by atomic mass is 10.2. The van der Waals surface area contributed by atoms with Crippen molar-refractivity contribution < 1.29 is 9.53 Å². The Morgan fingerprint density at radius 3 is 2.70 bits per heavy atom. The van der Waals surface area contributed by atoms with Gasteiger partial charge in [0.1, 0.15) is 10.8 Å². The number of anilines is 1. The first kappa shape index (κ1) is 19.3. The van der Waals surface area contributed by atoms with E-state index in [-0.39, 0.29) is 5.91 Å². The average molecular weight is 403 g/mol. The molecule has 0 bridgehead atoms. The Morgan fingerprint density at radius 1 is 1.19 bits per heavy atom. The molecule has 1 amide bonds. The minimum atomic E-state index is -0.281. The SMILES string of the molecule is COc1cccc(CN(C)Cc2nnc(C(=O)Nc3ccc(Cl)cc3)s2)c1. The molecule has 0 aliphatic carbocycles. The highest BCUT2D eigenvalue weighted by Gasteiger charge is 2.14. The van der Waals surface area contributed by atoms with Crippen LogP contribution in [0.3, 0.4) is 0 Å². The molecule has 0 fully saturated rings. The molecule has 0 aliphatic heterocycles. The van der Waals surface area contributed by atoms with Crippen molar-refractivity contribution in [3.63, 3.8) is 0 Å². The summed E-state index contributed by atoms with van der Waals surface area (Å²) in [7, 11) is 3.65. The van der Waals surface area contributed by atoms with Gasteiger partial charge in [-0.25, -0.2) is 0 Å². The van der Waals surface area contributed by atoms with Crippen molar-refractivity contribution in [1.82, 2.24) is 15.1 Å². The predicted octanol–water partition coefficient (Wildman–Crippen LogP) is 4.08. The van der Waals surface area contributed by atoms with Crippen LogP contribution in [0.2, 0.25) is 5.02 Å². The first-order valence-electron chi connectivity index (χ1n) is 8.24. The number of hydrogen-bond acceptors (Lipinski definition) is 6. The number of carbonyl (C=O) groups excluding carboxylic acids is 1. The zero-order valence-electron chi connectivity index (χ0n) is 15.0. The number of ether oxygens (including phenoxy) is 1. The van der Waals surface area contributed by atoms with Gasteiger partial charge in [0.25, 0.3) is 5.91 Å². The number of benzene rings is 2. The number of nitrogens with zero attached hydrogens (tertiary/aromatic N) is 3. The average Bonchev–Trinajstić information content (AvgIpc) is 3.12. The normalized spacial score (nSPS) is 10.8. The number of aromatic nitrogens is 2. The zero-order chi connectivity index (χ0) is 19.2. The van der Waals surface area contributed by atoms with Gasteiger partial charge in [-0.3, -0.25) is 9.69 Å². The third-order valence-electron chi connectivity index (χ3n) is 3.75. The molecule has 140 valence electrons. The van der Waals surface area contributed by atoms with Crippen LogP contribution in [0.4, 0.5) is 5.69 Å². The molecule has 1 N–H and O–H groups in total. The van der Waals surface area contributed by atoms with E-state index in [1.165, 1.54) is 11.3 Å². The van der Waals surface area contributed by atoms with Crippen LogP contribution in [-0.4, -0.2) is 35.2 Å². The summed E-state index contributed by atoms with van der Waals surface area (Å²) < 4.78 is 5.25. The minimum Gasteiger partial charge on any atom is -0.497 e. The van der Waals surface area contributed by atoms with Crippen LogP contribution >= 0.6 is 22.9 Å². The summed E-state index contributed by atoms with van der Waals surface area (Å²) in [5.41, 5.74) is 1.80. The molecule has 0 aliphatic rings. The van der Waals surface area contributed by atoms with Gasteiger partial charge in [0, 0.05) is 17.3 Å². The highest BCUT2D eigenvalue weighted by molar-refractivity contribution is 7.13. The van der Waals surface area contributed by atoms with Gasteiger partial charge in [0.2, 0.25) is 5.01 Å². The van der Waals surface area contributed by atoms with Crippen LogP contribution in [0.1, 0.15) is 20.4 Å². The Kier molecular flexibility index (Phi) is 6.39. The molecule has 0 spiro atoms. The molecule has 3 rings (SSSR count). The van der Waals surface area contributed by atoms with E-state index < -0.39 is 0 Å². The van der Waals surface area contributed by atoms with Gasteiger partial charge in [-0.1, -0.05) is 35.1 Å². The van der Waals surface area contributed by atoms with E-state index in [1.54, 1.807) is 31.4 Å². The number of methoxy groups -OCH3 is 1. The van der Waals surface area contributed by atoms with E-state index in [0.717, 1.165) is 22.9 Å². The van der Waals surface area contributed by atoms with Crippen molar-refractivity contribution in [3.05, 3.63) is 69.1 Å². The molecule has 27 heavy (non-hydrogen) atoms. The molecular formula is C19H19ClN4O2S. The molecule has 6 nitrogen and oxygen atoms in total. The Balaban J connectivity index is 1.58. The summed E-state index contributed by atoms with van der Waals surface area (Å²) in [6.07, 6.45) is 0. The van der Waals surface area contributed by atoms with Crippen molar-refractivity contribution in [2.45, 2.75) is 13.1 Å². The Hall–Kier alpha value is -2.48. The summed E-state index contributed by atoms with van der Waals surface area (Å²) in [6.45, 7) is 1.34. The fourth-order valence-corrected chi connectivity index (χ4v) is 3.44. The smallest absolute Gasteiger partial charge is 0.286 e. The van der Waals surface area contributed by atoms with Crippen LogP contribution in [0.25, 0.3) is 0 Å².